The predicted molar refractivity (Wildman–Crippen MR) is 111 cm³/mol. The van der Waals surface area contributed by atoms with Gasteiger partial charge in [-0.25, -0.2) is 8.78 Å². The molecule has 0 bridgehead atoms. The zero-order valence-corrected chi connectivity index (χ0v) is 17.4. The first-order chi connectivity index (χ1) is 14.9. The maximum atomic E-state index is 14.6. The van der Waals surface area contributed by atoms with Crippen molar-refractivity contribution in [3.05, 3.63) is 58.1 Å². The average molecular weight is 479 g/mol. The highest BCUT2D eigenvalue weighted by Crippen LogP contribution is 2.46. The third-order valence-corrected chi connectivity index (χ3v) is 5.53. The summed E-state index contributed by atoms with van der Waals surface area (Å²) in [5.41, 5.74) is 6.86. The molecule has 1 aliphatic rings. The Hall–Kier alpha value is -2.60. The molecule has 0 fully saturated rings. The Bertz CT molecular complexity index is 1050. The van der Waals surface area contributed by atoms with Gasteiger partial charge in [-0.05, 0) is 23.8 Å². The second-order valence-electron chi connectivity index (χ2n) is 7.11. The number of ether oxygens (including phenoxy) is 1. The molecule has 3 rings (SSSR count). The van der Waals surface area contributed by atoms with Gasteiger partial charge in [0.05, 0.1) is 24.3 Å². The summed E-state index contributed by atoms with van der Waals surface area (Å²) >= 11 is 6.02. The Labute approximate surface area is 185 Å². The average Bonchev–Trinajstić information content (AvgIpc) is 2.72. The molecule has 7 N–H and O–H groups in total. The van der Waals surface area contributed by atoms with Crippen LogP contribution in [0, 0.1) is 11.6 Å². The lowest BCUT2D eigenvalue weighted by molar-refractivity contribution is -0.273. The molecule has 0 spiro atoms. The molecule has 32 heavy (non-hydrogen) atoms. The molecular formula is C20H20ClF5N4O2. The van der Waals surface area contributed by atoms with Crippen molar-refractivity contribution >= 4 is 29.1 Å². The van der Waals surface area contributed by atoms with Crippen molar-refractivity contribution in [1.29, 1.82) is 0 Å². The number of methoxy groups -OCH3 is 1. The molecule has 0 radical (unpaired) electrons. The van der Waals surface area contributed by atoms with Crippen LogP contribution in [0.4, 0.5) is 33.3 Å². The molecule has 0 aromatic heterocycles. The summed E-state index contributed by atoms with van der Waals surface area (Å²) < 4.78 is 75.8. The van der Waals surface area contributed by atoms with E-state index in [1.807, 2.05) is 0 Å². The quantitative estimate of drug-likeness (QED) is 0.320. The minimum Gasteiger partial charge on any atom is -0.494 e. The lowest BCUT2D eigenvalue weighted by Gasteiger charge is -2.41. The SMILES string of the molecule is COc1ccc(C(Nc2cc(F)cc3c2C=CCN3)C(O)(C(N)N)C(F)(F)F)c(Cl)c1F. The monoisotopic (exact) mass is 478 g/mol. The van der Waals surface area contributed by atoms with E-state index in [1.165, 1.54) is 0 Å². The Kier molecular flexibility index (Phi) is 6.57. The van der Waals surface area contributed by atoms with E-state index < -0.39 is 46.2 Å². The summed E-state index contributed by atoms with van der Waals surface area (Å²) in [7, 11) is 1.14. The van der Waals surface area contributed by atoms with Gasteiger partial charge in [0.15, 0.2) is 11.6 Å². The van der Waals surface area contributed by atoms with Crippen molar-refractivity contribution in [2.45, 2.75) is 24.0 Å². The number of halogens is 6. The number of aliphatic hydroxyl groups is 1. The molecule has 6 nitrogen and oxygen atoms in total. The van der Waals surface area contributed by atoms with Crippen molar-refractivity contribution in [3.8, 4) is 5.75 Å². The number of fused-ring (bicyclic) bond motifs is 1. The van der Waals surface area contributed by atoms with E-state index in [-0.39, 0.29) is 11.4 Å². The molecule has 2 unspecified atom stereocenters. The van der Waals surface area contributed by atoms with Crippen LogP contribution in [0.5, 0.6) is 5.75 Å². The lowest BCUT2D eigenvalue weighted by atomic mass is 9.84. The third-order valence-electron chi connectivity index (χ3n) is 5.15. The molecule has 2 atom stereocenters. The molecule has 0 saturated heterocycles. The van der Waals surface area contributed by atoms with Crippen molar-refractivity contribution in [2.75, 3.05) is 24.3 Å². The largest absolute Gasteiger partial charge is 0.494 e. The van der Waals surface area contributed by atoms with Crippen molar-refractivity contribution in [1.82, 2.24) is 0 Å². The Balaban J connectivity index is 2.25. The number of anilines is 2. The van der Waals surface area contributed by atoms with Crippen LogP contribution in [0.15, 0.2) is 30.3 Å². The van der Waals surface area contributed by atoms with Crippen LogP contribution >= 0.6 is 11.6 Å². The van der Waals surface area contributed by atoms with Gasteiger partial charge < -0.3 is 31.9 Å². The molecule has 2 aromatic carbocycles. The molecule has 1 aliphatic heterocycles. The summed E-state index contributed by atoms with van der Waals surface area (Å²) in [5, 5.41) is 15.3. The minimum absolute atomic E-state index is 0.135. The highest BCUT2D eigenvalue weighted by Gasteiger charge is 2.62. The number of nitrogens with two attached hydrogens (primary N) is 2. The van der Waals surface area contributed by atoms with Gasteiger partial charge in [-0.3, -0.25) is 0 Å². The minimum atomic E-state index is -5.39. The summed E-state index contributed by atoms with van der Waals surface area (Å²) in [6.07, 6.45) is -4.56. The fourth-order valence-electron chi connectivity index (χ4n) is 3.46. The summed E-state index contributed by atoms with van der Waals surface area (Å²) in [6, 6.07) is 1.92. The Morgan fingerprint density at radius 3 is 2.50 bits per heavy atom. The summed E-state index contributed by atoms with van der Waals surface area (Å²) in [5.74, 6) is -2.26. The number of rotatable bonds is 6. The van der Waals surface area contributed by atoms with Gasteiger partial charge in [-0.15, -0.1) is 0 Å². The number of hydrogen-bond acceptors (Lipinski definition) is 6. The fourth-order valence-corrected chi connectivity index (χ4v) is 3.73. The van der Waals surface area contributed by atoms with E-state index in [2.05, 4.69) is 10.6 Å². The lowest BCUT2D eigenvalue weighted by Crippen LogP contribution is -2.66. The zero-order chi connectivity index (χ0) is 23.8. The Morgan fingerprint density at radius 1 is 1.22 bits per heavy atom. The van der Waals surface area contributed by atoms with Crippen LogP contribution in [0.25, 0.3) is 6.08 Å². The maximum absolute atomic E-state index is 14.6. The third kappa shape index (κ3) is 4.08. The molecule has 0 saturated carbocycles. The Morgan fingerprint density at radius 2 is 1.91 bits per heavy atom. The molecular weight excluding hydrogens is 459 g/mol. The van der Waals surface area contributed by atoms with Crippen LogP contribution < -0.4 is 26.8 Å². The first-order valence-corrected chi connectivity index (χ1v) is 9.62. The van der Waals surface area contributed by atoms with E-state index in [4.69, 9.17) is 27.8 Å². The van der Waals surface area contributed by atoms with Crippen LogP contribution in [-0.4, -0.2) is 36.7 Å². The van der Waals surface area contributed by atoms with E-state index >= 15 is 0 Å². The molecule has 174 valence electrons. The normalized spacial score (nSPS) is 16.2. The van der Waals surface area contributed by atoms with Crippen LogP contribution in [0.2, 0.25) is 5.02 Å². The fraction of sp³-hybridized carbons (Fsp3) is 0.300. The van der Waals surface area contributed by atoms with Gasteiger partial charge >= 0.3 is 6.18 Å². The predicted octanol–water partition coefficient (Wildman–Crippen LogP) is 3.76. The molecule has 12 heteroatoms. The van der Waals surface area contributed by atoms with Gasteiger partial charge in [-0.2, -0.15) is 13.2 Å². The standard InChI is InChI=1S/C20H20ClF5N4O2/c1-32-14-5-4-11(15(21)16(14)23)17(19(31,18(27)28)20(24,25)26)30-13-8-9(22)7-12-10(13)3-2-6-29-12/h2-5,7-8,17-18,29-31H,6,27-28H2,1H3. The molecule has 0 amide bonds. The van der Waals surface area contributed by atoms with Gasteiger partial charge in [0.2, 0.25) is 5.60 Å². The van der Waals surface area contributed by atoms with Crippen molar-refractivity contribution in [3.63, 3.8) is 0 Å². The molecule has 1 heterocycles. The van der Waals surface area contributed by atoms with Crippen LogP contribution in [-0.2, 0) is 0 Å². The van der Waals surface area contributed by atoms with Crippen molar-refractivity contribution in [2.24, 2.45) is 11.5 Å². The number of hydrogen-bond donors (Lipinski definition) is 5. The van der Waals surface area contributed by atoms with Crippen molar-refractivity contribution < 1.29 is 31.8 Å². The van der Waals surface area contributed by atoms with E-state index in [0.29, 0.717) is 17.8 Å². The second kappa shape index (κ2) is 8.74. The van der Waals surface area contributed by atoms with Gasteiger partial charge in [0.25, 0.3) is 0 Å². The van der Waals surface area contributed by atoms with E-state index in [9.17, 15) is 27.1 Å². The van der Waals surface area contributed by atoms with Gasteiger partial charge in [0.1, 0.15) is 5.82 Å². The zero-order valence-electron chi connectivity index (χ0n) is 16.6. The van der Waals surface area contributed by atoms with E-state index in [0.717, 1.165) is 31.4 Å². The topological polar surface area (TPSA) is 106 Å². The first-order valence-electron chi connectivity index (χ1n) is 9.24. The maximum Gasteiger partial charge on any atom is 0.422 e. The van der Waals surface area contributed by atoms with Crippen LogP contribution in [0.3, 0.4) is 0 Å². The summed E-state index contributed by atoms with van der Waals surface area (Å²) in [4.78, 5) is 0. The number of alkyl halides is 3. The van der Waals surface area contributed by atoms with Gasteiger partial charge in [0, 0.05) is 23.5 Å². The smallest absolute Gasteiger partial charge is 0.422 e. The highest BCUT2D eigenvalue weighted by molar-refractivity contribution is 6.31. The first kappa shape index (κ1) is 24.1. The number of benzene rings is 2. The molecule has 0 aliphatic carbocycles. The highest BCUT2D eigenvalue weighted by atomic mass is 35.5. The van der Waals surface area contributed by atoms with E-state index in [1.54, 1.807) is 12.2 Å². The number of nitrogens with one attached hydrogen (secondary N) is 2. The van der Waals surface area contributed by atoms with Crippen LogP contribution in [0.1, 0.15) is 17.2 Å². The second-order valence-corrected chi connectivity index (χ2v) is 7.49. The molecule has 2 aromatic rings. The summed E-state index contributed by atoms with van der Waals surface area (Å²) in [6.45, 7) is 0.370. The van der Waals surface area contributed by atoms with Gasteiger partial charge in [-0.1, -0.05) is 29.8 Å².